The van der Waals surface area contributed by atoms with E-state index in [4.69, 9.17) is 5.73 Å². The largest absolute Gasteiger partial charge is 0.366 e. The van der Waals surface area contributed by atoms with E-state index in [-0.39, 0.29) is 18.0 Å². The van der Waals surface area contributed by atoms with E-state index in [1.54, 1.807) is 11.4 Å². The number of carbonyl (C=O) groups excluding carboxylic acids is 2. The minimum absolute atomic E-state index is 0.00732. The van der Waals surface area contributed by atoms with Crippen molar-refractivity contribution in [2.75, 3.05) is 5.32 Å². The molecule has 0 radical (unpaired) electrons. The number of nitrogens with two attached hydrogens (primary N) is 2. The van der Waals surface area contributed by atoms with Crippen LogP contribution in [0.4, 0.5) is 5.00 Å². The molecule has 0 saturated heterocycles. The molecule has 1 atom stereocenters. The maximum Gasteiger partial charge on any atom is 0.282 e. The molecule has 1 aromatic heterocycles. The molecule has 6 heteroatoms. The summed E-state index contributed by atoms with van der Waals surface area (Å²) in [5.41, 5.74) is 7.93. The minimum atomic E-state index is -0.547. The zero-order valence-corrected chi connectivity index (χ0v) is 15.8. The van der Waals surface area contributed by atoms with Gasteiger partial charge in [-0.1, -0.05) is 60.7 Å². The van der Waals surface area contributed by atoms with E-state index in [1.165, 1.54) is 11.3 Å². The molecule has 2 aromatic carbocycles. The molecule has 0 spiro atoms. The fourth-order valence-electron chi connectivity index (χ4n) is 2.94. The second-order valence-electron chi connectivity index (χ2n) is 6.30. The van der Waals surface area contributed by atoms with Gasteiger partial charge in [0.15, 0.2) is 6.04 Å². The van der Waals surface area contributed by atoms with E-state index in [0.29, 0.717) is 10.6 Å². The van der Waals surface area contributed by atoms with Gasteiger partial charge in [-0.2, -0.15) is 0 Å². The van der Waals surface area contributed by atoms with E-state index in [2.05, 4.69) is 29.6 Å². The molecule has 0 bridgehead atoms. The Kier molecular flexibility index (Phi) is 6.01. The summed E-state index contributed by atoms with van der Waals surface area (Å²) >= 11 is 1.29. The number of amides is 2. The fourth-order valence-corrected chi connectivity index (χ4v) is 3.73. The van der Waals surface area contributed by atoms with Gasteiger partial charge >= 0.3 is 0 Å². The van der Waals surface area contributed by atoms with Crippen LogP contribution in [0.25, 0.3) is 0 Å². The van der Waals surface area contributed by atoms with Gasteiger partial charge < -0.3 is 16.4 Å². The van der Waals surface area contributed by atoms with Gasteiger partial charge in [-0.15, -0.1) is 11.3 Å². The number of quaternary nitrogens is 1. The summed E-state index contributed by atoms with van der Waals surface area (Å²) in [4.78, 5) is 24.1. The van der Waals surface area contributed by atoms with E-state index in [1.807, 2.05) is 48.6 Å². The number of thiophene rings is 1. The predicted octanol–water partition coefficient (Wildman–Crippen LogP) is 2.53. The number of primary amides is 1. The van der Waals surface area contributed by atoms with Gasteiger partial charge in [-0.05, 0) is 18.4 Å². The number of benzene rings is 2. The van der Waals surface area contributed by atoms with Crippen molar-refractivity contribution in [3.05, 3.63) is 88.8 Å². The molecule has 0 fully saturated rings. The molecule has 3 rings (SSSR count). The molecule has 2 amide bonds. The van der Waals surface area contributed by atoms with E-state index in [9.17, 15) is 9.59 Å². The van der Waals surface area contributed by atoms with E-state index >= 15 is 0 Å². The SMILES string of the molecule is C[C@H]([NH2+]C(c1ccccc1)c1ccccc1)C(=O)Nc1sccc1C(N)=O. The second kappa shape index (κ2) is 8.62. The first kappa shape index (κ1) is 18.8. The molecule has 5 N–H and O–H groups in total. The van der Waals surface area contributed by atoms with Crippen molar-refractivity contribution in [2.45, 2.75) is 19.0 Å². The van der Waals surface area contributed by atoms with Crippen LogP contribution in [0.5, 0.6) is 0 Å². The summed E-state index contributed by atoms with van der Waals surface area (Å²) in [6.45, 7) is 1.85. The summed E-state index contributed by atoms with van der Waals surface area (Å²) in [6, 6.07) is 21.4. The Balaban J connectivity index is 1.78. The Bertz CT molecular complexity index is 870. The highest BCUT2D eigenvalue weighted by atomic mass is 32.1. The molecule has 0 unspecified atom stereocenters. The molecule has 0 aliphatic carbocycles. The first-order valence-electron chi connectivity index (χ1n) is 8.69. The van der Waals surface area contributed by atoms with E-state index < -0.39 is 5.91 Å². The second-order valence-corrected chi connectivity index (χ2v) is 7.21. The average Bonchev–Trinajstić information content (AvgIpc) is 3.15. The van der Waals surface area contributed by atoms with Gasteiger partial charge in [0.25, 0.3) is 11.8 Å². The zero-order chi connectivity index (χ0) is 19.2. The van der Waals surface area contributed by atoms with Gasteiger partial charge in [-0.3, -0.25) is 9.59 Å². The third-order valence-electron chi connectivity index (χ3n) is 4.38. The molecular weight excluding hydrogens is 358 g/mol. The van der Waals surface area contributed by atoms with Crippen molar-refractivity contribution in [3.8, 4) is 0 Å². The van der Waals surface area contributed by atoms with Crippen LogP contribution in [0.15, 0.2) is 72.1 Å². The molecule has 138 valence electrons. The molecule has 3 aromatic rings. The maximum absolute atomic E-state index is 12.7. The third-order valence-corrected chi connectivity index (χ3v) is 5.21. The Labute approximate surface area is 162 Å². The lowest BCUT2D eigenvalue weighted by Crippen LogP contribution is -2.92. The lowest BCUT2D eigenvalue weighted by Gasteiger charge is -2.20. The summed E-state index contributed by atoms with van der Waals surface area (Å²) in [5.74, 6) is -0.716. The lowest BCUT2D eigenvalue weighted by molar-refractivity contribution is -0.704. The summed E-state index contributed by atoms with van der Waals surface area (Å²) < 4.78 is 0. The Morgan fingerprint density at radius 1 is 0.963 bits per heavy atom. The van der Waals surface area contributed by atoms with Crippen LogP contribution >= 0.6 is 11.3 Å². The molecule has 27 heavy (non-hydrogen) atoms. The maximum atomic E-state index is 12.7. The smallest absolute Gasteiger partial charge is 0.282 e. The molecule has 0 aliphatic rings. The average molecular weight is 380 g/mol. The number of hydrogen-bond donors (Lipinski definition) is 3. The molecule has 1 heterocycles. The standard InChI is InChI=1S/C21H21N3O2S/c1-14(20(26)24-21-17(19(22)25)12-13-27-21)23-18(15-8-4-2-5-9-15)16-10-6-3-7-11-16/h2-14,18,23H,1H3,(H2,22,25)(H,24,26)/p+1/t14-/m0/s1. The van der Waals surface area contributed by atoms with Crippen molar-refractivity contribution in [2.24, 2.45) is 5.73 Å². The quantitative estimate of drug-likeness (QED) is 0.588. The highest BCUT2D eigenvalue weighted by molar-refractivity contribution is 7.14. The third kappa shape index (κ3) is 4.61. The summed E-state index contributed by atoms with van der Waals surface area (Å²) in [6.07, 6.45) is 0. The molecular formula is C21H22N3O2S+. The van der Waals surface area contributed by atoms with Crippen LogP contribution in [0.2, 0.25) is 0 Å². The Morgan fingerprint density at radius 2 is 1.52 bits per heavy atom. The van der Waals surface area contributed by atoms with E-state index in [0.717, 1.165) is 11.1 Å². The highest BCUT2D eigenvalue weighted by Crippen LogP contribution is 2.23. The van der Waals surface area contributed by atoms with Crippen molar-refractivity contribution in [1.29, 1.82) is 0 Å². The van der Waals surface area contributed by atoms with Crippen LogP contribution in [0.3, 0.4) is 0 Å². The highest BCUT2D eigenvalue weighted by Gasteiger charge is 2.25. The van der Waals surface area contributed by atoms with Gasteiger partial charge in [0, 0.05) is 11.1 Å². The van der Waals surface area contributed by atoms with Crippen molar-refractivity contribution in [3.63, 3.8) is 0 Å². The van der Waals surface area contributed by atoms with Gasteiger partial charge in [0.2, 0.25) is 0 Å². The minimum Gasteiger partial charge on any atom is -0.366 e. The molecule has 5 nitrogen and oxygen atoms in total. The lowest BCUT2D eigenvalue weighted by atomic mass is 9.98. The Morgan fingerprint density at radius 3 is 2.04 bits per heavy atom. The summed E-state index contributed by atoms with van der Waals surface area (Å²) in [5, 5.41) is 7.08. The number of nitrogens with one attached hydrogen (secondary N) is 1. The predicted molar refractivity (Wildman–Crippen MR) is 108 cm³/mol. The zero-order valence-electron chi connectivity index (χ0n) is 15.0. The number of rotatable bonds is 7. The van der Waals surface area contributed by atoms with Crippen molar-refractivity contribution >= 4 is 28.2 Å². The van der Waals surface area contributed by atoms with Crippen LogP contribution < -0.4 is 16.4 Å². The van der Waals surface area contributed by atoms with Crippen LogP contribution in [0.1, 0.15) is 34.5 Å². The normalized spacial score (nSPS) is 11.9. The molecule has 0 saturated carbocycles. The summed E-state index contributed by atoms with van der Waals surface area (Å²) in [7, 11) is 0. The van der Waals surface area contributed by atoms with Crippen molar-refractivity contribution in [1.82, 2.24) is 0 Å². The first-order chi connectivity index (χ1) is 13.1. The number of hydrogen-bond acceptors (Lipinski definition) is 3. The van der Waals surface area contributed by atoms with Gasteiger partial charge in [-0.25, -0.2) is 0 Å². The Hall–Kier alpha value is -2.96. The van der Waals surface area contributed by atoms with Gasteiger partial charge in [0.1, 0.15) is 11.0 Å². The number of anilines is 1. The monoisotopic (exact) mass is 380 g/mol. The van der Waals surface area contributed by atoms with Crippen molar-refractivity contribution < 1.29 is 14.9 Å². The first-order valence-corrected chi connectivity index (χ1v) is 9.57. The van der Waals surface area contributed by atoms with Gasteiger partial charge in [0.05, 0.1) is 5.56 Å². The van der Waals surface area contributed by atoms with Crippen LogP contribution in [0, 0.1) is 0 Å². The van der Waals surface area contributed by atoms with Crippen LogP contribution in [-0.4, -0.2) is 17.9 Å². The van der Waals surface area contributed by atoms with Crippen LogP contribution in [-0.2, 0) is 4.79 Å². The number of carbonyl (C=O) groups is 2. The topological polar surface area (TPSA) is 88.8 Å². The fraction of sp³-hybridized carbons (Fsp3) is 0.143. The molecule has 0 aliphatic heterocycles.